The third-order valence-electron chi connectivity index (χ3n) is 5.18. The molecule has 0 unspecified atom stereocenters. The molecule has 0 bridgehead atoms. The summed E-state index contributed by atoms with van der Waals surface area (Å²) in [5, 5.41) is 12.1. The molecule has 1 heterocycles. The number of ether oxygens (including phenoxy) is 1. The number of aryl methyl sites for hydroxylation is 2. The van der Waals surface area contributed by atoms with Crippen LogP contribution in [0, 0.1) is 13.8 Å². The normalized spacial score (nSPS) is 10.9. The van der Waals surface area contributed by atoms with Crippen LogP contribution in [0.5, 0.6) is 5.75 Å². The van der Waals surface area contributed by atoms with Gasteiger partial charge in [-0.2, -0.15) is 0 Å². The summed E-state index contributed by atoms with van der Waals surface area (Å²) in [7, 11) is 0. The third kappa shape index (κ3) is 6.34. The Morgan fingerprint density at radius 2 is 1.87 bits per heavy atom. The van der Waals surface area contributed by atoms with Crippen molar-refractivity contribution in [2.45, 2.75) is 65.7 Å². The molecule has 7 heteroatoms. The SMILES string of the molecule is CCCCCCc1c(C)c2ccc(OCC(=O)NCCCC(=O)O)c(C)c2oc1=O. The van der Waals surface area contributed by atoms with E-state index in [1.807, 2.05) is 13.0 Å². The van der Waals surface area contributed by atoms with Crippen LogP contribution < -0.4 is 15.7 Å². The highest BCUT2D eigenvalue weighted by Crippen LogP contribution is 2.29. The maximum absolute atomic E-state index is 12.5. The number of nitrogens with one attached hydrogen (secondary N) is 1. The minimum Gasteiger partial charge on any atom is -0.483 e. The monoisotopic (exact) mass is 417 g/mol. The van der Waals surface area contributed by atoms with Gasteiger partial charge < -0.3 is 19.6 Å². The molecule has 0 fully saturated rings. The van der Waals surface area contributed by atoms with Gasteiger partial charge in [0, 0.05) is 29.5 Å². The second-order valence-electron chi connectivity index (χ2n) is 7.51. The molecule has 1 amide bonds. The number of unbranched alkanes of at least 4 members (excludes halogenated alkanes) is 3. The molecule has 0 radical (unpaired) electrons. The van der Waals surface area contributed by atoms with Crippen LogP contribution in [-0.2, 0) is 16.0 Å². The van der Waals surface area contributed by atoms with Crippen molar-refractivity contribution in [1.82, 2.24) is 5.32 Å². The summed E-state index contributed by atoms with van der Waals surface area (Å²) in [5.74, 6) is -0.755. The minimum atomic E-state index is -0.895. The summed E-state index contributed by atoms with van der Waals surface area (Å²) in [6.07, 6.45) is 5.44. The average molecular weight is 418 g/mol. The molecule has 0 saturated heterocycles. The number of hydrogen-bond acceptors (Lipinski definition) is 5. The molecule has 2 rings (SSSR count). The molecule has 0 aliphatic carbocycles. The van der Waals surface area contributed by atoms with Crippen molar-refractivity contribution >= 4 is 22.8 Å². The van der Waals surface area contributed by atoms with Gasteiger partial charge in [0.2, 0.25) is 0 Å². The lowest BCUT2D eigenvalue weighted by Crippen LogP contribution is -2.30. The van der Waals surface area contributed by atoms with Gasteiger partial charge in [-0.15, -0.1) is 0 Å². The Bertz CT molecular complexity index is 947. The molecule has 2 N–H and O–H groups in total. The Kier molecular flexibility index (Phi) is 8.89. The van der Waals surface area contributed by atoms with E-state index in [0.29, 0.717) is 29.7 Å². The molecule has 0 spiro atoms. The lowest BCUT2D eigenvalue weighted by atomic mass is 9.99. The van der Waals surface area contributed by atoms with Crippen molar-refractivity contribution in [3.63, 3.8) is 0 Å². The van der Waals surface area contributed by atoms with E-state index in [9.17, 15) is 14.4 Å². The smallest absolute Gasteiger partial charge is 0.339 e. The van der Waals surface area contributed by atoms with Crippen LogP contribution in [0.4, 0.5) is 0 Å². The Balaban J connectivity index is 2.07. The highest BCUT2D eigenvalue weighted by atomic mass is 16.5. The van der Waals surface area contributed by atoms with E-state index in [-0.39, 0.29) is 31.1 Å². The van der Waals surface area contributed by atoms with Crippen molar-refractivity contribution < 1.29 is 23.8 Å². The third-order valence-corrected chi connectivity index (χ3v) is 5.18. The van der Waals surface area contributed by atoms with Gasteiger partial charge in [-0.05, 0) is 50.8 Å². The standard InChI is InChI=1S/C23H31NO6/c1-4-5-6-7-9-18-15(2)17-11-12-19(16(3)22(17)30-23(18)28)29-14-20(25)24-13-8-10-21(26)27/h11-12H,4-10,13-14H2,1-3H3,(H,24,25)(H,26,27). The summed E-state index contributed by atoms with van der Waals surface area (Å²) < 4.78 is 11.2. The van der Waals surface area contributed by atoms with Gasteiger partial charge in [-0.1, -0.05) is 26.2 Å². The molecule has 0 saturated carbocycles. The van der Waals surface area contributed by atoms with Gasteiger partial charge in [0.1, 0.15) is 11.3 Å². The van der Waals surface area contributed by atoms with Crippen molar-refractivity contribution in [3.8, 4) is 5.75 Å². The molecular weight excluding hydrogens is 386 g/mol. The van der Waals surface area contributed by atoms with E-state index in [1.54, 1.807) is 13.0 Å². The predicted octanol–water partition coefficient (Wildman–Crippen LogP) is 3.89. The summed E-state index contributed by atoms with van der Waals surface area (Å²) in [4.78, 5) is 34.9. The Morgan fingerprint density at radius 1 is 1.10 bits per heavy atom. The number of amides is 1. The van der Waals surface area contributed by atoms with Crippen LogP contribution in [0.3, 0.4) is 0 Å². The number of hydrogen-bond donors (Lipinski definition) is 2. The van der Waals surface area contributed by atoms with Gasteiger partial charge >= 0.3 is 11.6 Å². The van der Waals surface area contributed by atoms with E-state index < -0.39 is 5.97 Å². The summed E-state index contributed by atoms with van der Waals surface area (Å²) in [6.45, 7) is 5.98. The van der Waals surface area contributed by atoms with Gasteiger partial charge in [-0.3, -0.25) is 9.59 Å². The second kappa shape index (κ2) is 11.4. The van der Waals surface area contributed by atoms with Crippen molar-refractivity contribution in [2.24, 2.45) is 0 Å². The zero-order chi connectivity index (χ0) is 22.1. The largest absolute Gasteiger partial charge is 0.483 e. The lowest BCUT2D eigenvalue weighted by molar-refractivity contribution is -0.137. The van der Waals surface area contributed by atoms with Crippen molar-refractivity contribution in [1.29, 1.82) is 0 Å². The number of aliphatic carboxylic acids is 1. The molecule has 0 aliphatic rings. The van der Waals surface area contributed by atoms with E-state index in [1.165, 1.54) is 0 Å². The number of rotatable bonds is 12. The molecule has 2 aromatic rings. The number of carboxylic acids is 1. The first-order valence-corrected chi connectivity index (χ1v) is 10.5. The molecule has 1 aromatic heterocycles. The summed E-state index contributed by atoms with van der Waals surface area (Å²) in [5.41, 5.74) is 2.50. The highest BCUT2D eigenvalue weighted by molar-refractivity contribution is 5.86. The van der Waals surface area contributed by atoms with Crippen LogP contribution in [0.2, 0.25) is 0 Å². The highest BCUT2D eigenvalue weighted by Gasteiger charge is 2.15. The molecule has 1 aromatic carbocycles. The van der Waals surface area contributed by atoms with E-state index in [4.69, 9.17) is 14.3 Å². The van der Waals surface area contributed by atoms with Crippen LogP contribution >= 0.6 is 0 Å². The summed E-state index contributed by atoms with van der Waals surface area (Å²) in [6, 6.07) is 3.64. The first-order valence-electron chi connectivity index (χ1n) is 10.5. The number of fused-ring (bicyclic) bond motifs is 1. The molecule has 0 atom stereocenters. The maximum Gasteiger partial charge on any atom is 0.339 e. The van der Waals surface area contributed by atoms with Crippen molar-refractivity contribution in [3.05, 3.63) is 39.2 Å². The van der Waals surface area contributed by atoms with E-state index in [0.717, 1.165) is 42.2 Å². The van der Waals surface area contributed by atoms with Gasteiger partial charge in [-0.25, -0.2) is 4.79 Å². The average Bonchev–Trinajstić information content (AvgIpc) is 2.70. The number of carbonyl (C=O) groups is 2. The number of carboxylic acid groups (broad SMARTS) is 1. The maximum atomic E-state index is 12.5. The molecule has 7 nitrogen and oxygen atoms in total. The first kappa shape index (κ1) is 23.4. The molecule has 0 aliphatic heterocycles. The fourth-order valence-electron chi connectivity index (χ4n) is 3.41. The molecular formula is C23H31NO6. The topological polar surface area (TPSA) is 106 Å². The number of carbonyl (C=O) groups excluding carboxylic acids is 1. The fraction of sp³-hybridized carbons (Fsp3) is 0.522. The van der Waals surface area contributed by atoms with E-state index in [2.05, 4.69) is 12.2 Å². The van der Waals surface area contributed by atoms with Gasteiger partial charge in [0.25, 0.3) is 5.91 Å². The first-order chi connectivity index (χ1) is 14.3. The Hall–Kier alpha value is -2.83. The van der Waals surface area contributed by atoms with E-state index >= 15 is 0 Å². The zero-order valence-electron chi connectivity index (χ0n) is 18.0. The lowest BCUT2D eigenvalue weighted by Gasteiger charge is -2.13. The van der Waals surface area contributed by atoms with Crippen LogP contribution in [0.25, 0.3) is 11.0 Å². The minimum absolute atomic E-state index is 0.00386. The summed E-state index contributed by atoms with van der Waals surface area (Å²) >= 11 is 0. The zero-order valence-corrected chi connectivity index (χ0v) is 18.0. The Morgan fingerprint density at radius 3 is 2.57 bits per heavy atom. The molecule has 164 valence electrons. The molecule has 30 heavy (non-hydrogen) atoms. The van der Waals surface area contributed by atoms with Gasteiger partial charge in [0.05, 0.1) is 0 Å². The van der Waals surface area contributed by atoms with Gasteiger partial charge in [0.15, 0.2) is 6.61 Å². The number of benzene rings is 1. The Labute approximate surface area is 176 Å². The van der Waals surface area contributed by atoms with Crippen LogP contribution in [0.1, 0.15) is 62.1 Å². The second-order valence-corrected chi connectivity index (χ2v) is 7.51. The van der Waals surface area contributed by atoms with Crippen molar-refractivity contribution in [2.75, 3.05) is 13.2 Å². The quantitative estimate of drug-likeness (QED) is 0.401. The van der Waals surface area contributed by atoms with Crippen LogP contribution in [-0.4, -0.2) is 30.1 Å². The van der Waals surface area contributed by atoms with Crippen LogP contribution in [0.15, 0.2) is 21.3 Å². The fourth-order valence-corrected chi connectivity index (χ4v) is 3.41. The predicted molar refractivity (Wildman–Crippen MR) is 115 cm³/mol.